The Balaban J connectivity index is 0.000000720. The molecule has 1 aliphatic heterocycles. The lowest BCUT2D eigenvalue weighted by molar-refractivity contribution is -0.0384. The van der Waals surface area contributed by atoms with Crippen molar-refractivity contribution in [2.75, 3.05) is 13.1 Å². The first-order valence-electron chi connectivity index (χ1n) is 8.12. The second kappa shape index (κ2) is 2.04. The molecule has 9 aliphatic rings. The standard InChI is InChI=1S/C16H19N.ClH/c1-5-6(1)12-9-10-13-7-2-8(7)14(10)16(12)4-17-3-15(13,16)11(5)9;/h5-14,17H,1-4H2;1H. The molecule has 8 aliphatic carbocycles. The quantitative estimate of drug-likeness (QED) is 0.704. The predicted octanol–water partition coefficient (Wildman–Crippen LogP) is 2.02. The van der Waals surface area contributed by atoms with Crippen LogP contribution in [0.15, 0.2) is 0 Å². The highest BCUT2D eigenvalue weighted by Crippen LogP contribution is 3.01. The summed E-state index contributed by atoms with van der Waals surface area (Å²) in [6.07, 6.45) is 3.33. The van der Waals surface area contributed by atoms with Gasteiger partial charge in [0.15, 0.2) is 0 Å². The van der Waals surface area contributed by atoms with Gasteiger partial charge in [0.05, 0.1) is 0 Å². The minimum absolute atomic E-state index is 0. The van der Waals surface area contributed by atoms with Crippen molar-refractivity contribution < 1.29 is 0 Å². The number of fused-ring (bicyclic) bond motifs is 2. The first kappa shape index (κ1) is 9.23. The van der Waals surface area contributed by atoms with Crippen LogP contribution in [0.4, 0.5) is 0 Å². The number of rotatable bonds is 0. The summed E-state index contributed by atoms with van der Waals surface area (Å²) in [5.74, 6) is 12.4. The molecule has 2 spiro atoms. The fourth-order valence-electron chi connectivity index (χ4n) is 10.5. The second-order valence-corrected chi connectivity index (χ2v) is 9.07. The number of hydrogen-bond acceptors (Lipinski definition) is 1. The average Bonchev–Trinajstić information content (AvgIpc) is 2.98. The van der Waals surface area contributed by atoms with Crippen LogP contribution in [-0.4, -0.2) is 13.1 Å². The third-order valence-corrected chi connectivity index (χ3v) is 9.81. The van der Waals surface area contributed by atoms with Gasteiger partial charge in [0.1, 0.15) is 0 Å². The fraction of sp³-hybridized carbons (Fsp3) is 1.00. The van der Waals surface area contributed by atoms with E-state index in [9.17, 15) is 0 Å². The van der Waals surface area contributed by atoms with Crippen molar-refractivity contribution in [3.05, 3.63) is 0 Å². The molecular formula is C16H20ClN. The summed E-state index contributed by atoms with van der Waals surface area (Å²) in [6, 6.07) is 0. The molecule has 1 nitrogen and oxygen atoms in total. The first-order chi connectivity index (χ1) is 8.41. The smallest absolute Gasteiger partial charge is 0.00198 e. The van der Waals surface area contributed by atoms with Gasteiger partial charge < -0.3 is 5.32 Å². The zero-order valence-electron chi connectivity index (χ0n) is 10.5. The molecule has 9 fully saturated rings. The summed E-state index contributed by atoms with van der Waals surface area (Å²) < 4.78 is 0. The minimum atomic E-state index is 0. The van der Waals surface area contributed by atoms with Gasteiger partial charge in [-0.25, -0.2) is 0 Å². The summed E-state index contributed by atoms with van der Waals surface area (Å²) in [7, 11) is 0. The van der Waals surface area contributed by atoms with Gasteiger partial charge in [-0.3, -0.25) is 0 Å². The molecule has 18 heavy (non-hydrogen) atoms. The Labute approximate surface area is 114 Å². The Morgan fingerprint density at radius 1 is 0.667 bits per heavy atom. The molecule has 9 rings (SSSR count). The minimum Gasteiger partial charge on any atom is -0.316 e. The molecule has 8 bridgehead atoms. The largest absolute Gasteiger partial charge is 0.316 e. The number of nitrogens with one attached hydrogen (secondary N) is 1. The van der Waals surface area contributed by atoms with Gasteiger partial charge >= 0.3 is 0 Å². The average molecular weight is 262 g/mol. The van der Waals surface area contributed by atoms with E-state index >= 15 is 0 Å². The Morgan fingerprint density at radius 2 is 1.06 bits per heavy atom. The van der Waals surface area contributed by atoms with Gasteiger partial charge in [-0.15, -0.1) is 12.4 Å². The molecule has 8 atom stereocenters. The normalized spacial score (nSPS) is 88.0. The number of hydrogen-bond donors (Lipinski definition) is 1. The summed E-state index contributed by atoms with van der Waals surface area (Å²) in [5, 5.41) is 3.90. The number of halogens is 1. The van der Waals surface area contributed by atoms with Crippen molar-refractivity contribution in [2.45, 2.75) is 12.8 Å². The molecule has 1 N–H and O–H groups in total. The van der Waals surface area contributed by atoms with Gasteiger partial charge in [-0.2, -0.15) is 0 Å². The summed E-state index contributed by atoms with van der Waals surface area (Å²) in [5.41, 5.74) is 1.76. The molecule has 1 saturated heterocycles. The van der Waals surface area contributed by atoms with Gasteiger partial charge in [0.25, 0.3) is 0 Å². The SMILES string of the molecule is C1C2C1C1C3C4C5C6CC6C4C14CNCC54C23.Cl. The molecule has 8 unspecified atom stereocenters. The van der Waals surface area contributed by atoms with E-state index in [2.05, 4.69) is 5.32 Å². The van der Waals surface area contributed by atoms with Crippen molar-refractivity contribution in [2.24, 2.45) is 70.0 Å². The molecule has 0 aromatic heterocycles. The van der Waals surface area contributed by atoms with Gasteiger partial charge in [-0.05, 0) is 82.9 Å². The van der Waals surface area contributed by atoms with Crippen LogP contribution < -0.4 is 5.32 Å². The van der Waals surface area contributed by atoms with Crippen molar-refractivity contribution in [3.8, 4) is 0 Å². The van der Waals surface area contributed by atoms with Gasteiger partial charge in [-0.1, -0.05) is 0 Å². The molecule has 0 amide bonds. The van der Waals surface area contributed by atoms with E-state index in [1.54, 1.807) is 12.8 Å². The van der Waals surface area contributed by atoms with Crippen LogP contribution in [0.1, 0.15) is 12.8 Å². The van der Waals surface area contributed by atoms with Crippen LogP contribution in [0.2, 0.25) is 0 Å². The highest BCUT2D eigenvalue weighted by molar-refractivity contribution is 5.85. The van der Waals surface area contributed by atoms with Gasteiger partial charge in [0.2, 0.25) is 0 Å². The van der Waals surface area contributed by atoms with Crippen LogP contribution in [0.5, 0.6) is 0 Å². The molecule has 2 heteroatoms. The maximum atomic E-state index is 3.90. The van der Waals surface area contributed by atoms with Crippen LogP contribution in [0, 0.1) is 70.0 Å². The fourth-order valence-corrected chi connectivity index (χ4v) is 10.5. The molecule has 96 valence electrons. The van der Waals surface area contributed by atoms with Crippen LogP contribution >= 0.6 is 12.4 Å². The van der Waals surface area contributed by atoms with E-state index in [0.717, 1.165) is 10.8 Å². The van der Waals surface area contributed by atoms with Crippen molar-refractivity contribution >= 4 is 12.4 Å². The van der Waals surface area contributed by atoms with E-state index in [1.807, 2.05) is 0 Å². The first-order valence-corrected chi connectivity index (χ1v) is 8.12. The maximum absolute atomic E-state index is 3.90. The topological polar surface area (TPSA) is 12.0 Å². The molecule has 1 heterocycles. The third kappa shape index (κ3) is 0.474. The Morgan fingerprint density at radius 3 is 1.44 bits per heavy atom. The molecule has 0 radical (unpaired) electrons. The lowest BCUT2D eigenvalue weighted by Crippen LogP contribution is -2.51. The zero-order chi connectivity index (χ0) is 10.3. The lowest BCUT2D eigenvalue weighted by atomic mass is 9.52. The Hall–Kier alpha value is 0.250. The molecule has 8 saturated carbocycles. The summed E-state index contributed by atoms with van der Waals surface area (Å²) >= 11 is 0. The molecular weight excluding hydrogens is 242 g/mol. The Bertz CT molecular complexity index is 451. The van der Waals surface area contributed by atoms with Crippen LogP contribution in [0.25, 0.3) is 0 Å². The van der Waals surface area contributed by atoms with Crippen molar-refractivity contribution in [1.82, 2.24) is 5.32 Å². The molecule has 0 aromatic carbocycles. The summed E-state index contributed by atoms with van der Waals surface area (Å²) in [6.45, 7) is 2.91. The highest BCUT2D eigenvalue weighted by Gasteiger charge is 2.99. The van der Waals surface area contributed by atoms with Crippen LogP contribution in [-0.2, 0) is 0 Å². The van der Waals surface area contributed by atoms with E-state index in [0.29, 0.717) is 0 Å². The van der Waals surface area contributed by atoms with E-state index < -0.39 is 0 Å². The predicted molar refractivity (Wildman–Crippen MR) is 69.1 cm³/mol. The van der Waals surface area contributed by atoms with E-state index in [1.165, 1.54) is 72.3 Å². The zero-order valence-corrected chi connectivity index (χ0v) is 11.3. The Kier molecular flexibility index (Phi) is 1.05. The van der Waals surface area contributed by atoms with E-state index in [-0.39, 0.29) is 12.4 Å². The summed E-state index contributed by atoms with van der Waals surface area (Å²) in [4.78, 5) is 0. The monoisotopic (exact) mass is 261 g/mol. The highest BCUT2D eigenvalue weighted by atomic mass is 35.5. The van der Waals surface area contributed by atoms with Crippen molar-refractivity contribution in [3.63, 3.8) is 0 Å². The second-order valence-electron chi connectivity index (χ2n) is 9.07. The van der Waals surface area contributed by atoms with Crippen LogP contribution in [0.3, 0.4) is 0 Å². The van der Waals surface area contributed by atoms with Crippen molar-refractivity contribution in [1.29, 1.82) is 0 Å². The lowest BCUT2D eigenvalue weighted by Gasteiger charge is -2.51. The van der Waals surface area contributed by atoms with Gasteiger partial charge in [0, 0.05) is 13.1 Å². The van der Waals surface area contributed by atoms with E-state index in [4.69, 9.17) is 0 Å². The molecule has 0 aromatic rings. The third-order valence-electron chi connectivity index (χ3n) is 9.81. The maximum Gasteiger partial charge on any atom is 0.00198 e.